The molecule has 1 amide bonds. The number of halogens is 1. The Kier molecular flexibility index (Phi) is 6.25. The molecule has 8 heteroatoms. The molecule has 0 radical (unpaired) electrons. The number of amides is 1. The van der Waals surface area contributed by atoms with Crippen LogP contribution in [0, 0.1) is 0 Å². The molecule has 1 aromatic carbocycles. The number of hydrogen-bond donors (Lipinski definition) is 3. The molecular weight excluding hydrogens is 302 g/mol. The van der Waals surface area contributed by atoms with Crippen molar-refractivity contribution >= 4 is 38.9 Å². The van der Waals surface area contributed by atoms with Crippen molar-refractivity contribution in [2.24, 2.45) is 0 Å². The van der Waals surface area contributed by atoms with E-state index < -0.39 is 10.0 Å². The van der Waals surface area contributed by atoms with Gasteiger partial charge in [-0.3, -0.25) is 9.52 Å². The minimum atomic E-state index is -3.38. The van der Waals surface area contributed by atoms with Crippen molar-refractivity contribution < 1.29 is 13.2 Å². The summed E-state index contributed by atoms with van der Waals surface area (Å²) in [7, 11) is -1.55. The maximum Gasteiger partial charge on any atom is 0.229 e. The zero-order valence-electron chi connectivity index (χ0n) is 11.4. The topological polar surface area (TPSA) is 87.3 Å². The molecular formula is C12H18ClN3O3S. The lowest BCUT2D eigenvalue weighted by Gasteiger charge is -2.09. The van der Waals surface area contributed by atoms with E-state index in [-0.39, 0.29) is 16.6 Å². The number of sulfonamides is 1. The number of carbonyl (C=O) groups excluding carboxylic acids is 1. The van der Waals surface area contributed by atoms with Crippen molar-refractivity contribution in [2.45, 2.75) is 12.8 Å². The molecule has 0 atom stereocenters. The molecule has 1 aromatic rings. The molecule has 0 bridgehead atoms. The Labute approximate surface area is 123 Å². The standard InChI is InChI=1S/C12H18ClN3O3S/c1-14-7-3-4-12(17)15-9-5-6-11(10(13)8-9)16-20(2,18)19/h5-6,8,14,16H,3-4,7H2,1-2H3,(H,15,17). The van der Waals surface area contributed by atoms with Crippen LogP contribution in [0.1, 0.15) is 12.8 Å². The average molecular weight is 320 g/mol. The van der Waals surface area contributed by atoms with E-state index in [0.717, 1.165) is 19.2 Å². The summed E-state index contributed by atoms with van der Waals surface area (Å²) in [4.78, 5) is 11.6. The average Bonchev–Trinajstić information content (AvgIpc) is 2.31. The maximum absolute atomic E-state index is 11.6. The Morgan fingerprint density at radius 2 is 2.05 bits per heavy atom. The zero-order chi connectivity index (χ0) is 15.2. The van der Waals surface area contributed by atoms with Crippen LogP contribution in [-0.2, 0) is 14.8 Å². The first-order valence-corrected chi connectivity index (χ1v) is 8.30. The van der Waals surface area contributed by atoms with Crippen molar-refractivity contribution in [3.8, 4) is 0 Å². The van der Waals surface area contributed by atoms with E-state index in [2.05, 4.69) is 15.4 Å². The van der Waals surface area contributed by atoms with Gasteiger partial charge in [0.1, 0.15) is 0 Å². The fourth-order valence-electron chi connectivity index (χ4n) is 1.52. The quantitative estimate of drug-likeness (QED) is 0.667. The van der Waals surface area contributed by atoms with E-state index in [1.807, 2.05) is 7.05 Å². The highest BCUT2D eigenvalue weighted by atomic mass is 35.5. The lowest BCUT2D eigenvalue weighted by molar-refractivity contribution is -0.116. The molecule has 0 aliphatic rings. The van der Waals surface area contributed by atoms with Crippen LogP contribution in [0.3, 0.4) is 0 Å². The van der Waals surface area contributed by atoms with Gasteiger partial charge in [0.2, 0.25) is 15.9 Å². The minimum Gasteiger partial charge on any atom is -0.326 e. The summed E-state index contributed by atoms with van der Waals surface area (Å²) in [6.07, 6.45) is 2.19. The van der Waals surface area contributed by atoms with Crippen LogP contribution in [0.25, 0.3) is 0 Å². The fraction of sp³-hybridized carbons (Fsp3) is 0.417. The van der Waals surface area contributed by atoms with Crippen LogP contribution < -0.4 is 15.4 Å². The number of hydrogen-bond acceptors (Lipinski definition) is 4. The highest BCUT2D eigenvalue weighted by Crippen LogP contribution is 2.26. The van der Waals surface area contributed by atoms with E-state index in [1.54, 1.807) is 6.07 Å². The van der Waals surface area contributed by atoms with Gasteiger partial charge in [0, 0.05) is 12.1 Å². The smallest absolute Gasteiger partial charge is 0.229 e. The number of anilines is 2. The highest BCUT2D eigenvalue weighted by Gasteiger charge is 2.08. The van der Waals surface area contributed by atoms with Crippen LogP contribution in [-0.4, -0.2) is 34.2 Å². The van der Waals surface area contributed by atoms with E-state index in [1.165, 1.54) is 12.1 Å². The molecule has 0 aliphatic carbocycles. The second-order valence-corrected chi connectivity index (χ2v) is 6.48. The Bertz CT molecular complexity index is 575. The van der Waals surface area contributed by atoms with Gasteiger partial charge in [-0.2, -0.15) is 0 Å². The molecule has 0 aromatic heterocycles. The Morgan fingerprint density at radius 1 is 1.35 bits per heavy atom. The lowest BCUT2D eigenvalue weighted by Crippen LogP contribution is -2.15. The van der Waals surface area contributed by atoms with Crippen molar-refractivity contribution in [1.82, 2.24) is 5.32 Å². The molecule has 3 N–H and O–H groups in total. The van der Waals surface area contributed by atoms with Gasteiger partial charge >= 0.3 is 0 Å². The SMILES string of the molecule is CNCCCC(=O)Nc1ccc(NS(C)(=O)=O)c(Cl)c1. The third kappa shape index (κ3) is 6.23. The van der Waals surface area contributed by atoms with E-state index in [0.29, 0.717) is 12.1 Å². The minimum absolute atomic E-state index is 0.111. The molecule has 6 nitrogen and oxygen atoms in total. The maximum atomic E-state index is 11.6. The van der Waals surface area contributed by atoms with E-state index in [9.17, 15) is 13.2 Å². The van der Waals surface area contributed by atoms with Crippen LogP contribution in [0.2, 0.25) is 5.02 Å². The van der Waals surface area contributed by atoms with Crippen LogP contribution in [0.5, 0.6) is 0 Å². The first-order valence-electron chi connectivity index (χ1n) is 6.03. The van der Waals surface area contributed by atoms with Crippen LogP contribution >= 0.6 is 11.6 Å². The van der Waals surface area contributed by atoms with Crippen LogP contribution in [0.15, 0.2) is 18.2 Å². The van der Waals surface area contributed by atoms with Gasteiger partial charge in [-0.25, -0.2) is 8.42 Å². The molecule has 112 valence electrons. The summed E-state index contributed by atoms with van der Waals surface area (Å²) in [6, 6.07) is 4.60. The summed E-state index contributed by atoms with van der Waals surface area (Å²) < 4.78 is 24.5. The van der Waals surface area contributed by atoms with Crippen molar-refractivity contribution in [2.75, 3.05) is 29.9 Å². The summed E-state index contributed by atoms with van der Waals surface area (Å²) in [5, 5.41) is 5.89. The predicted octanol–water partition coefficient (Wildman–Crippen LogP) is 1.65. The number of carbonyl (C=O) groups is 1. The Hall–Kier alpha value is -1.31. The monoisotopic (exact) mass is 319 g/mol. The van der Waals surface area contributed by atoms with Crippen LogP contribution in [0.4, 0.5) is 11.4 Å². The first kappa shape index (κ1) is 16.7. The summed E-state index contributed by atoms with van der Waals surface area (Å²) in [5.74, 6) is -0.111. The second kappa shape index (κ2) is 7.47. The molecule has 0 saturated heterocycles. The summed E-state index contributed by atoms with van der Waals surface area (Å²) in [5.41, 5.74) is 0.811. The summed E-state index contributed by atoms with van der Waals surface area (Å²) in [6.45, 7) is 0.769. The molecule has 0 spiro atoms. The molecule has 0 aliphatic heterocycles. The fourth-order valence-corrected chi connectivity index (χ4v) is 2.39. The normalized spacial score (nSPS) is 11.2. The van der Waals surface area contributed by atoms with Gasteiger partial charge in [-0.1, -0.05) is 11.6 Å². The molecule has 0 fully saturated rings. The largest absolute Gasteiger partial charge is 0.326 e. The number of benzene rings is 1. The second-order valence-electron chi connectivity index (χ2n) is 4.32. The van der Waals surface area contributed by atoms with Gasteiger partial charge in [0.05, 0.1) is 17.0 Å². The highest BCUT2D eigenvalue weighted by molar-refractivity contribution is 7.92. The molecule has 0 unspecified atom stereocenters. The first-order chi connectivity index (χ1) is 9.31. The zero-order valence-corrected chi connectivity index (χ0v) is 12.9. The Morgan fingerprint density at radius 3 is 2.60 bits per heavy atom. The van der Waals surface area contributed by atoms with Crippen molar-refractivity contribution in [3.63, 3.8) is 0 Å². The molecule has 0 heterocycles. The van der Waals surface area contributed by atoms with E-state index in [4.69, 9.17) is 11.6 Å². The third-order valence-electron chi connectivity index (χ3n) is 2.38. The predicted molar refractivity (Wildman–Crippen MR) is 81.7 cm³/mol. The van der Waals surface area contributed by atoms with Gasteiger partial charge in [0.25, 0.3) is 0 Å². The van der Waals surface area contributed by atoms with Gasteiger partial charge in [0.15, 0.2) is 0 Å². The molecule has 20 heavy (non-hydrogen) atoms. The number of rotatable bonds is 7. The molecule has 1 rings (SSSR count). The van der Waals surface area contributed by atoms with E-state index >= 15 is 0 Å². The van der Waals surface area contributed by atoms with Gasteiger partial charge in [-0.05, 0) is 38.2 Å². The summed E-state index contributed by atoms with van der Waals surface area (Å²) >= 11 is 5.96. The van der Waals surface area contributed by atoms with Gasteiger partial charge in [-0.15, -0.1) is 0 Å². The number of nitrogens with one attached hydrogen (secondary N) is 3. The lowest BCUT2D eigenvalue weighted by atomic mass is 10.2. The third-order valence-corrected chi connectivity index (χ3v) is 3.28. The Balaban J connectivity index is 2.65. The van der Waals surface area contributed by atoms with Gasteiger partial charge < -0.3 is 10.6 Å². The van der Waals surface area contributed by atoms with Crippen molar-refractivity contribution in [3.05, 3.63) is 23.2 Å². The van der Waals surface area contributed by atoms with Crippen molar-refractivity contribution in [1.29, 1.82) is 0 Å². The molecule has 0 saturated carbocycles.